The highest BCUT2D eigenvalue weighted by Gasteiger charge is 2.58. The molecule has 3 fully saturated rings. The van der Waals surface area contributed by atoms with E-state index in [2.05, 4.69) is 0 Å². The zero-order valence-corrected chi connectivity index (χ0v) is 13.1. The maximum absolute atomic E-state index is 10.3. The van der Waals surface area contributed by atoms with Crippen LogP contribution < -0.4 is 0 Å². The number of aliphatic hydroxyl groups excluding tert-OH is 1. The summed E-state index contributed by atoms with van der Waals surface area (Å²) < 4.78 is 25.8. The zero-order chi connectivity index (χ0) is 14.7. The summed E-state index contributed by atoms with van der Waals surface area (Å²) in [5, 5.41) is 10.3. The lowest BCUT2D eigenvalue weighted by Crippen LogP contribution is -2.42. The molecule has 0 aromatic heterocycles. The van der Waals surface area contributed by atoms with Crippen LogP contribution in [0.25, 0.3) is 0 Å². The van der Waals surface area contributed by atoms with Crippen molar-refractivity contribution in [2.75, 3.05) is 6.61 Å². The molecular formula is C11H15Cl3O6. The van der Waals surface area contributed by atoms with Crippen LogP contribution in [0.3, 0.4) is 0 Å². The minimum atomic E-state index is -1.74. The van der Waals surface area contributed by atoms with Crippen LogP contribution in [0.4, 0.5) is 0 Å². The van der Waals surface area contributed by atoms with Gasteiger partial charge >= 0.3 is 0 Å². The van der Waals surface area contributed by atoms with Crippen molar-refractivity contribution in [2.24, 2.45) is 0 Å². The largest absolute Gasteiger partial charge is 0.387 e. The van der Waals surface area contributed by atoms with Crippen molar-refractivity contribution in [1.29, 1.82) is 0 Å². The van der Waals surface area contributed by atoms with E-state index < -0.39 is 46.6 Å². The molecule has 3 saturated heterocycles. The molecule has 0 radical (unpaired) electrons. The van der Waals surface area contributed by atoms with E-state index in [1.807, 2.05) is 0 Å². The Balaban J connectivity index is 1.65. The molecule has 0 amide bonds. The van der Waals surface area contributed by atoms with E-state index in [0.29, 0.717) is 6.61 Å². The maximum atomic E-state index is 10.3. The Morgan fingerprint density at radius 3 is 2.30 bits per heavy atom. The van der Waals surface area contributed by atoms with Crippen LogP contribution in [0.5, 0.6) is 0 Å². The first kappa shape index (κ1) is 15.5. The fourth-order valence-electron chi connectivity index (χ4n) is 2.55. The molecule has 0 aromatic carbocycles. The molecule has 0 unspecified atom stereocenters. The van der Waals surface area contributed by atoms with Crippen molar-refractivity contribution < 1.29 is 28.8 Å². The van der Waals surface area contributed by atoms with Crippen LogP contribution in [0.1, 0.15) is 13.8 Å². The number of ether oxygens (including phenoxy) is 5. The van der Waals surface area contributed by atoms with Crippen molar-refractivity contribution in [3.8, 4) is 0 Å². The van der Waals surface area contributed by atoms with E-state index >= 15 is 0 Å². The molecule has 20 heavy (non-hydrogen) atoms. The number of hydrogen-bond acceptors (Lipinski definition) is 6. The van der Waals surface area contributed by atoms with E-state index in [1.54, 1.807) is 13.8 Å². The van der Waals surface area contributed by atoms with Crippen molar-refractivity contribution in [3.05, 3.63) is 0 Å². The molecule has 0 saturated carbocycles. The SMILES string of the molecule is CC1(C)OC[C@H]([C@H]2O[C@H]3O[C@H](C(Cl)(Cl)Cl)O[C@@H]3[C@H]2O)O1. The molecule has 6 atom stereocenters. The van der Waals surface area contributed by atoms with Gasteiger partial charge in [-0.15, -0.1) is 0 Å². The lowest BCUT2D eigenvalue weighted by Gasteiger charge is -2.25. The van der Waals surface area contributed by atoms with Gasteiger partial charge < -0.3 is 28.8 Å². The van der Waals surface area contributed by atoms with Crippen molar-refractivity contribution >= 4 is 34.8 Å². The van der Waals surface area contributed by atoms with Crippen LogP contribution in [0, 0.1) is 0 Å². The summed E-state index contributed by atoms with van der Waals surface area (Å²) in [6.07, 6.45) is -4.53. The van der Waals surface area contributed by atoms with Gasteiger partial charge in [0, 0.05) is 0 Å². The molecule has 0 bridgehead atoms. The molecule has 116 valence electrons. The molecule has 0 aromatic rings. The smallest absolute Gasteiger partial charge is 0.241 e. The van der Waals surface area contributed by atoms with E-state index in [4.69, 9.17) is 58.5 Å². The summed E-state index contributed by atoms with van der Waals surface area (Å²) in [5.74, 6) is -0.701. The average Bonchev–Trinajstić information content (AvgIpc) is 2.93. The fraction of sp³-hybridized carbons (Fsp3) is 1.00. The quantitative estimate of drug-likeness (QED) is 0.721. The van der Waals surface area contributed by atoms with E-state index in [0.717, 1.165) is 0 Å². The van der Waals surface area contributed by atoms with E-state index in [1.165, 1.54) is 0 Å². The molecular weight excluding hydrogens is 334 g/mol. The summed E-state index contributed by atoms with van der Waals surface area (Å²) in [6, 6.07) is 0. The number of halogens is 3. The van der Waals surface area contributed by atoms with Gasteiger partial charge in [0.15, 0.2) is 12.1 Å². The van der Waals surface area contributed by atoms with Gasteiger partial charge in [-0.2, -0.15) is 0 Å². The summed E-state index contributed by atoms with van der Waals surface area (Å²) in [6.45, 7) is 3.91. The maximum Gasteiger partial charge on any atom is 0.241 e. The highest BCUT2D eigenvalue weighted by molar-refractivity contribution is 6.67. The van der Waals surface area contributed by atoms with Crippen LogP contribution in [-0.4, -0.2) is 58.3 Å². The predicted molar refractivity (Wildman–Crippen MR) is 69.6 cm³/mol. The first-order valence-electron chi connectivity index (χ1n) is 6.20. The van der Waals surface area contributed by atoms with Crippen molar-refractivity contribution in [2.45, 2.75) is 60.4 Å². The van der Waals surface area contributed by atoms with Crippen LogP contribution in [-0.2, 0) is 23.7 Å². The minimum Gasteiger partial charge on any atom is -0.387 e. The molecule has 9 heteroatoms. The second kappa shape index (κ2) is 5.08. The summed E-state index contributed by atoms with van der Waals surface area (Å²) >= 11 is 17.1. The zero-order valence-electron chi connectivity index (χ0n) is 10.8. The monoisotopic (exact) mass is 348 g/mol. The Labute approximate surface area is 131 Å². The minimum absolute atomic E-state index is 0.321. The fourth-order valence-corrected chi connectivity index (χ4v) is 2.86. The molecule has 3 aliphatic heterocycles. The lowest BCUT2D eigenvalue weighted by molar-refractivity contribution is -0.201. The van der Waals surface area contributed by atoms with Gasteiger partial charge in [0.25, 0.3) is 0 Å². The molecule has 0 aliphatic carbocycles. The highest BCUT2D eigenvalue weighted by Crippen LogP contribution is 2.43. The summed E-state index contributed by atoms with van der Waals surface area (Å²) in [7, 11) is 0. The molecule has 0 spiro atoms. The summed E-state index contributed by atoms with van der Waals surface area (Å²) in [4.78, 5) is 0. The van der Waals surface area contributed by atoms with Crippen LogP contribution >= 0.6 is 34.8 Å². The van der Waals surface area contributed by atoms with E-state index in [9.17, 15) is 5.11 Å². The second-order valence-electron chi connectivity index (χ2n) is 5.44. The molecule has 6 nitrogen and oxygen atoms in total. The Hall–Kier alpha value is 0.630. The second-order valence-corrected chi connectivity index (χ2v) is 7.81. The first-order valence-corrected chi connectivity index (χ1v) is 7.34. The normalized spacial score (nSPS) is 47.7. The van der Waals surface area contributed by atoms with Crippen molar-refractivity contribution in [3.63, 3.8) is 0 Å². The van der Waals surface area contributed by atoms with Gasteiger partial charge in [-0.3, -0.25) is 0 Å². The standard InChI is InChI=1S/C11H15Cl3O6/c1-10(2)16-3-4(20-10)6-5(15)7-8(17-6)19-9(18-7)11(12,13)14/h4-9,15H,3H2,1-2H3/t4-,5+,6-,7-,8+,9-/m1/s1. The van der Waals surface area contributed by atoms with Gasteiger partial charge in [0.05, 0.1) is 6.61 Å². The van der Waals surface area contributed by atoms with Crippen LogP contribution in [0.2, 0.25) is 0 Å². The molecule has 1 N–H and O–H groups in total. The predicted octanol–water partition coefficient (Wildman–Crippen LogP) is 1.34. The van der Waals surface area contributed by atoms with Gasteiger partial charge in [-0.25, -0.2) is 0 Å². The molecule has 3 aliphatic rings. The number of aliphatic hydroxyl groups is 1. The Morgan fingerprint density at radius 2 is 1.80 bits per heavy atom. The van der Waals surface area contributed by atoms with Crippen molar-refractivity contribution in [1.82, 2.24) is 0 Å². The number of fused-ring (bicyclic) bond motifs is 1. The topological polar surface area (TPSA) is 66.4 Å². The number of alkyl halides is 3. The Bertz CT molecular complexity index is 387. The van der Waals surface area contributed by atoms with Gasteiger partial charge in [-0.1, -0.05) is 34.8 Å². The highest BCUT2D eigenvalue weighted by atomic mass is 35.6. The third-order valence-electron chi connectivity index (χ3n) is 3.44. The van der Waals surface area contributed by atoms with Gasteiger partial charge in [0.1, 0.15) is 24.4 Å². The van der Waals surface area contributed by atoms with Gasteiger partial charge in [0.2, 0.25) is 10.1 Å². The van der Waals surface area contributed by atoms with Gasteiger partial charge in [-0.05, 0) is 13.8 Å². The lowest BCUT2D eigenvalue weighted by atomic mass is 10.1. The first-order chi connectivity index (χ1) is 9.17. The molecule has 3 rings (SSSR count). The Kier molecular flexibility index (Phi) is 3.94. The van der Waals surface area contributed by atoms with E-state index in [-0.39, 0.29) is 0 Å². The number of hydrogen-bond donors (Lipinski definition) is 1. The third-order valence-corrected chi connectivity index (χ3v) is 3.97. The molecule has 3 heterocycles. The Morgan fingerprint density at radius 1 is 1.10 bits per heavy atom. The third kappa shape index (κ3) is 2.78. The van der Waals surface area contributed by atoms with Crippen LogP contribution in [0.15, 0.2) is 0 Å². The average molecular weight is 350 g/mol. The number of rotatable bonds is 1. The summed E-state index contributed by atoms with van der Waals surface area (Å²) in [5.41, 5.74) is 0.